The van der Waals surface area contributed by atoms with Gasteiger partial charge < -0.3 is 20.9 Å². The molecule has 12 heteroatoms. The van der Waals surface area contributed by atoms with Crippen LogP contribution in [0, 0.1) is 18.6 Å². The average Bonchev–Trinajstić information content (AvgIpc) is 3.23. The van der Waals surface area contributed by atoms with E-state index in [1.165, 1.54) is 6.92 Å². The van der Waals surface area contributed by atoms with Crippen molar-refractivity contribution in [3.8, 4) is 5.88 Å². The molecule has 1 atom stereocenters. The summed E-state index contributed by atoms with van der Waals surface area (Å²) in [5.41, 5.74) is 5.41. The zero-order chi connectivity index (χ0) is 25.4. The number of nitrogens with two attached hydrogens (primary N) is 1. The number of nitrogens with zero attached hydrogens (tertiary/aromatic N) is 2. The van der Waals surface area contributed by atoms with Crippen LogP contribution in [0.25, 0.3) is 0 Å². The molecule has 1 aromatic carbocycles. The molecule has 35 heavy (non-hydrogen) atoms. The number of hydrogen-bond donors (Lipinski definition) is 4. The number of carbonyl (C=O) groups excluding carboxylic acids is 2. The van der Waals surface area contributed by atoms with Gasteiger partial charge in [0.05, 0.1) is 6.61 Å². The summed E-state index contributed by atoms with van der Waals surface area (Å²) in [6.45, 7) is 3.51. The molecule has 1 unspecified atom stereocenters. The summed E-state index contributed by atoms with van der Waals surface area (Å²) in [6.07, 6.45) is 4.91. The maximum atomic E-state index is 14.1. The Bertz CT molecular complexity index is 1040. The van der Waals surface area contributed by atoms with Gasteiger partial charge in [0.25, 0.3) is 5.91 Å². The lowest BCUT2D eigenvalue weighted by Gasteiger charge is -2.34. The van der Waals surface area contributed by atoms with Gasteiger partial charge in [-0.05, 0) is 74.9 Å². The molecule has 1 saturated heterocycles. The molecule has 1 fully saturated rings. The number of rotatable bonds is 11. The normalized spacial score (nSPS) is 16.2. The maximum Gasteiger partial charge on any atom is 0.319 e. The monoisotopic (exact) mass is 511 g/mol. The first-order valence-electron chi connectivity index (χ1n) is 11.6. The van der Waals surface area contributed by atoms with Crippen molar-refractivity contribution in [3.05, 3.63) is 40.5 Å². The summed E-state index contributed by atoms with van der Waals surface area (Å²) in [6, 6.07) is 1.76. The van der Waals surface area contributed by atoms with Crippen LogP contribution in [-0.4, -0.2) is 58.6 Å². The van der Waals surface area contributed by atoms with E-state index in [1.807, 2.05) is 0 Å². The molecular formula is C23H31F2N5O4S. The van der Waals surface area contributed by atoms with Gasteiger partial charge in [-0.3, -0.25) is 15.0 Å². The van der Waals surface area contributed by atoms with Gasteiger partial charge in [0, 0.05) is 18.2 Å². The van der Waals surface area contributed by atoms with Gasteiger partial charge in [-0.25, -0.2) is 13.6 Å². The minimum absolute atomic E-state index is 0.0429. The van der Waals surface area contributed by atoms with Crippen LogP contribution in [-0.2, 0) is 6.61 Å². The van der Waals surface area contributed by atoms with E-state index in [2.05, 4.69) is 19.9 Å². The molecule has 192 valence electrons. The van der Waals surface area contributed by atoms with Gasteiger partial charge in [0.1, 0.15) is 28.8 Å². The van der Waals surface area contributed by atoms with Crippen LogP contribution in [0.1, 0.15) is 53.6 Å². The fourth-order valence-corrected chi connectivity index (χ4v) is 4.71. The van der Waals surface area contributed by atoms with Gasteiger partial charge in [-0.2, -0.15) is 4.37 Å². The molecule has 9 nitrogen and oxygen atoms in total. The second kappa shape index (κ2) is 12.8. The Balaban J connectivity index is 1.48. The second-order valence-electron chi connectivity index (χ2n) is 8.49. The number of ether oxygens (including phenoxy) is 1. The topological polar surface area (TPSA) is 130 Å². The van der Waals surface area contributed by atoms with Crippen LogP contribution in [0.3, 0.4) is 0 Å². The quantitative estimate of drug-likeness (QED) is 0.343. The summed E-state index contributed by atoms with van der Waals surface area (Å²) in [7, 11) is 0. The molecule has 0 radical (unpaired) electrons. The number of aliphatic hydroxyl groups excluding tert-OH is 1. The Morgan fingerprint density at radius 2 is 2.09 bits per heavy atom. The van der Waals surface area contributed by atoms with E-state index in [9.17, 15) is 23.5 Å². The number of piperidine rings is 1. The van der Waals surface area contributed by atoms with Crippen molar-refractivity contribution in [3.63, 3.8) is 0 Å². The zero-order valence-electron chi connectivity index (χ0n) is 19.6. The Morgan fingerprint density at radius 1 is 1.29 bits per heavy atom. The molecule has 0 bridgehead atoms. The highest BCUT2D eigenvalue weighted by atomic mass is 32.1. The molecule has 0 saturated carbocycles. The third-order valence-electron chi connectivity index (χ3n) is 5.94. The standard InChI is InChI=1S/C23H31F2N5O4S/c1-14-10-18(25)15(11-17(14)24)13-34-21-19(20(26)32)22(35-29-21)28-23(33)27-7-3-5-9-30-8-4-2-6-16(30)12-31/h10-11,16,31H,2-9,12-13H2,1H3,(H2,26,32)(H2,27,28,33). The number of benzene rings is 1. The Labute approximate surface area is 206 Å². The first kappa shape index (κ1) is 26.8. The number of hydrogen-bond acceptors (Lipinski definition) is 7. The number of nitrogens with one attached hydrogen (secondary N) is 2. The van der Waals surface area contributed by atoms with Crippen LogP contribution < -0.4 is 21.1 Å². The van der Waals surface area contributed by atoms with Crippen LogP contribution in [0.2, 0.25) is 0 Å². The summed E-state index contributed by atoms with van der Waals surface area (Å²) in [5.74, 6) is -2.27. The number of halogens is 2. The number of likely N-dealkylation sites (tertiary alicyclic amines) is 1. The highest BCUT2D eigenvalue weighted by Gasteiger charge is 2.23. The van der Waals surface area contributed by atoms with E-state index in [1.54, 1.807) is 0 Å². The number of anilines is 1. The minimum Gasteiger partial charge on any atom is -0.471 e. The molecule has 1 aliphatic heterocycles. The Kier molecular flexibility index (Phi) is 9.75. The number of primary amides is 1. The lowest BCUT2D eigenvalue weighted by atomic mass is 10.0. The maximum absolute atomic E-state index is 14.1. The molecule has 0 spiro atoms. The van der Waals surface area contributed by atoms with E-state index in [0.29, 0.717) is 6.54 Å². The number of aryl methyl sites for hydroxylation is 1. The first-order chi connectivity index (χ1) is 16.8. The molecule has 2 heterocycles. The van der Waals surface area contributed by atoms with Crippen molar-refractivity contribution in [1.29, 1.82) is 0 Å². The van der Waals surface area contributed by atoms with Crippen molar-refractivity contribution < 1.29 is 28.2 Å². The zero-order valence-corrected chi connectivity index (χ0v) is 20.4. The number of aliphatic hydroxyl groups is 1. The van der Waals surface area contributed by atoms with Crippen molar-refractivity contribution in [2.45, 2.75) is 51.7 Å². The predicted molar refractivity (Wildman–Crippen MR) is 129 cm³/mol. The number of aromatic nitrogens is 1. The average molecular weight is 512 g/mol. The number of urea groups is 1. The summed E-state index contributed by atoms with van der Waals surface area (Å²) in [5, 5.41) is 14.8. The summed E-state index contributed by atoms with van der Waals surface area (Å²) < 4.78 is 37.2. The van der Waals surface area contributed by atoms with E-state index < -0.39 is 23.6 Å². The van der Waals surface area contributed by atoms with Crippen molar-refractivity contribution >= 4 is 28.5 Å². The number of unbranched alkanes of at least 4 members (excludes halogenated alkanes) is 1. The lowest BCUT2D eigenvalue weighted by molar-refractivity contribution is 0.0888. The van der Waals surface area contributed by atoms with E-state index in [-0.39, 0.29) is 46.8 Å². The highest BCUT2D eigenvalue weighted by molar-refractivity contribution is 7.11. The fraction of sp³-hybridized carbons (Fsp3) is 0.522. The van der Waals surface area contributed by atoms with E-state index in [0.717, 1.165) is 68.9 Å². The van der Waals surface area contributed by atoms with Crippen LogP contribution in [0.5, 0.6) is 5.88 Å². The van der Waals surface area contributed by atoms with Gasteiger partial charge in [-0.1, -0.05) is 6.42 Å². The molecule has 0 aliphatic carbocycles. The molecule has 5 N–H and O–H groups in total. The number of amides is 3. The number of carbonyl (C=O) groups is 2. The summed E-state index contributed by atoms with van der Waals surface area (Å²) >= 11 is 0.797. The SMILES string of the molecule is Cc1cc(F)c(COc2nsc(NC(=O)NCCCCN3CCCCC3CO)c2C(N)=O)cc1F. The molecule has 3 amide bonds. The van der Waals surface area contributed by atoms with E-state index >= 15 is 0 Å². The van der Waals surface area contributed by atoms with Crippen LogP contribution in [0.15, 0.2) is 12.1 Å². The van der Waals surface area contributed by atoms with Crippen molar-refractivity contribution in [2.75, 3.05) is 31.6 Å². The summed E-state index contributed by atoms with van der Waals surface area (Å²) in [4.78, 5) is 26.5. The first-order valence-corrected chi connectivity index (χ1v) is 12.3. The van der Waals surface area contributed by atoms with Crippen LogP contribution in [0.4, 0.5) is 18.6 Å². The predicted octanol–water partition coefficient (Wildman–Crippen LogP) is 3.16. The molecule has 1 aliphatic rings. The molecular weight excluding hydrogens is 480 g/mol. The fourth-order valence-electron chi connectivity index (χ4n) is 3.97. The lowest BCUT2D eigenvalue weighted by Crippen LogP contribution is -2.42. The third-order valence-corrected chi connectivity index (χ3v) is 6.69. The molecule has 1 aromatic heterocycles. The van der Waals surface area contributed by atoms with Gasteiger partial charge in [0.2, 0.25) is 5.88 Å². The van der Waals surface area contributed by atoms with Gasteiger partial charge in [0.15, 0.2) is 0 Å². The Morgan fingerprint density at radius 3 is 2.83 bits per heavy atom. The largest absolute Gasteiger partial charge is 0.471 e. The smallest absolute Gasteiger partial charge is 0.319 e. The van der Waals surface area contributed by atoms with Crippen LogP contribution >= 0.6 is 11.5 Å². The minimum atomic E-state index is -0.875. The molecule has 3 rings (SSSR count). The third kappa shape index (κ3) is 7.33. The Hall–Kier alpha value is -2.83. The van der Waals surface area contributed by atoms with Crippen molar-refractivity contribution in [1.82, 2.24) is 14.6 Å². The highest BCUT2D eigenvalue weighted by Crippen LogP contribution is 2.31. The second-order valence-corrected chi connectivity index (χ2v) is 9.27. The molecule has 2 aromatic rings. The van der Waals surface area contributed by atoms with Gasteiger partial charge >= 0.3 is 6.03 Å². The van der Waals surface area contributed by atoms with Crippen molar-refractivity contribution in [2.24, 2.45) is 5.73 Å². The van der Waals surface area contributed by atoms with E-state index in [4.69, 9.17) is 10.5 Å². The van der Waals surface area contributed by atoms with Gasteiger partial charge in [-0.15, -0.1) is 0 Å².